The van der Waals surface area contributed by atoms with Crippen molar-refractivity contribution in [2.24, 2.45) is 0 Å². The number of esters is 1. The van der Waals surface area contributed by atoms with Gasteiger partial charge < -0.3 is 14.8 Å². The predicted octanol–water partition coefficient (Wildman–Crippen LogP) is 3.27. The average molecular weight is 353 g/mol. The highest BCUT2D eigenvalue weighted by molar-refractivity contribution is 5.89. The number of benzene rings is 2. The Balaban J connectivity index is 1.73. The average Bonchev–Trinajstić information content (AvgIpc) is 2.65. The smallest absolute Gasteiger partial charge is 0.331 e. The van der Waals surface area contributed by atoms with Crippen LogP contribution in [0.25, 0.3) is 6.08 Å². The summed E-state index contributed by atoms with van der Waals surface area (Å²) in [6, 6.07) is 15.1. The van der Waals surface area contributed by atoms with E-state index in [1.54, 1.807) is 6.08 Å². The summed E-state index contributed by atoms with van der Waals surface area (Å²) in [5.41, 5.74) is 2.97. The van der Waals surface area contributed by atoms with Gasteiger partial charge in [0.05, 0.1) is 6.61 Å². The molecule has 1 N–H and O–H groups in total. The van der Waals surface area contributed by atoms with E-state index in [9.17, 15) is 9.59 Å². The molecule has 0 spiro atoms. The van der Waals surface area contributed by atoms with Crippen molar-refractivity contribution in [2.75, 3.05) is 13.2 Å². The van der Waals surface area contributed by atoms with Gasteiger partial charge in [-0.15, -0.1) is 0 Å². The monoisotopic (exact) mass is 353 g/mol. The summed E-state index contributed by atoms with van der Waals surface area (Å²) in [5.74, 6) is -0.126. The fourth-order valence-corrected chi connectivity index (χ4v) is 2.24. The number of hydrogen-bond acceptors (Lipinski definition) is 4. The maximum Gasteiger partial charge on any atom is 0.331 e. The Morgan fingerprint density at radius 3 is 2.50 bits per heavy atom. The molecular formula is C21H23NO4. The van der Waals surface area contributed by atoms with Gasteiger partial charge in [0.25, 0.3) is 5.91 Å². The molecule has 0 atom stereocenters. The fraction of sp³-hybridized carbons (Fsp3) is 0.238. The Bertz CT molecular complexity index is 766. The van der Waals surface area contributed by atoms with E-state index in [0.29, 0.717) is 13.2 Å². The first-order valence-corrected chi connectivity index (χ1v) is 8.47. The van der Waals surface area contributed by atoms with Crippen molar-refractivity contribution in [3.05, 3.63) is 71.3 Å². The zero-order valence-electron chi connectivity index (χ0n) is 15.0. The summed E-state index contributed by atoms with van der Waals surface area (Å²) >= 11 is 0. The lowest BCUT2D eigenvalue weighted by Gasteiger charge is -2.07. The molecule has 0 fully saturated rings. The van der Waals surface area contributed by atoms with E-state index < -0.39 is 5.97 Å². The third-order valence-electron chi connectivity index (χ3n) is 3.69. The van der Waals surface area contributed by atoms with Crippen molar-refractivity contribution in [3.8, 4) is 5.75 Å². The highest BCUT2D eigenvalue weighted by atomic mass is 16.5. The molecule has 2 rings (SSSR count). The van der Waals surface area contributed by atoms with Gasteiger partial charge in [-0.25, -0.2) is 4.79 Å². The normalized spacial score (nSPS) is 10.5. The summed E-state index contributed by atoms with van der Waals surface area (Å²) in [6.07, 6.45) is 2.92. The molecule has 1 amide bonds. The summed E-state index contributed by atoms with van der Waals surface area (Å²) in [6.45, 7) is 4.60. The summed E-state index contributed by atoms with van der Waals surface area (Å²) in [5, 5.41) is 2.73. The van der Waals surface area contributed by atoms with Gasteiger partial charge in [0.15, 0.2) is 6.61 Å². The van der Waals surface area contributed by atoms with E-state index in [0.717, 1.165) is 22.4 Å². The highest BCUT2D eigenvalue weighted by Gasteiger charge is 2.06. The second-order valence-corrected chi connectivity index (χ2v) is 5.65. The van der Waals surface area contributed by atoms with Crippen molar-refractivity contribution in [3.63, 3.8) is 0 Å². The van der Waals surface area contributed by atoms with Gasteiger partial charge >= 0.3 is 5.97 Å². The number of aryl methyl sites for hydroxylation is 1. The first-order chi connectivity index (χ1) is 12.6. The molecule has 2 aromatic rings. The third-order valence-corrected chi connectivity index (χ3v) is 3.69. The van der Waals surface area contributed by atoms with Crippen LogP contribution in [-0.4, -0.2) is 25.1 Å². The first-order valence-electron chi connectivity index (χ1n) is 8.47. The van der Waals surface area contributed by atoms with Crippen LogP contribution < -0.4 is 10.1 Å². The Morgan fingerprint density at radius 1 is 1.08 bits per heavy atom. The lowest BCUT2D eigenvalue weighted by atomic mass is 10.1. The molecule has 0 radical (unpaired) electrons. The van der Waals surface area contributed by atoms with Crippen LogP contribution >= 0.6 is 0 Å². The molecule has 2 aromatic carbocycles. The first kappa shape index (κ1) is 19.2. The van der Waals surface area contributed by atoms with Crippen LogP contribution in [-0.2, 0) is 20.9 Å². The lowest BCUT2D eigenvalue weighted by Crippen LogP contribution is -2.28. The van der Waals surface area contributed by atoms with Gasteiger partial charge in [0.1, 0.15) is 5.75 Å². The molecule has 5 heteroatoms. The van der Waals surface area contributed by atoms with Crippen LogP contribution in [0.2, 0.25) is 0 Å². The van der Waals surface area contributed by atoms with Crippen LogP contribution in [0.3, 0.4) is 0 Å². The minimum absolute atomic E-state index is 0.307. The van der Waals surface area contributed by atoms with E-state index in [4.69, 9.17) is 9.47 Å². The van der Waals surface area contributed by atoms with Crippen LogP contribution in [0.15, 0.2) is 54.6 Å². The minimum atomic E-state index is -0.565. The van der Waals surface area contributed by atoms with Gasteiger partial charge in [-0.05, 0) is 48.7 Å². The predicted molar refractivity (Wildman–Crippen MR) is 101 cm³/mol. The largest absolute Gasteiger partial charge is 0.494 e. The van der Waals surface area contributed by atoms with E-state index in [1.165, 1.54) is 6.08 Å². The molecule has 0 saturated carbocycles. The quantitative estimate of drug-likeness (QED) is 0.584. The molecule has 5 nitrogen and oxygen atoms in total. The second kappa shape index (κ2) is 10.0. The Hall–Kier alpha value is -3.08. The maximum atomic E-state index is 11.8. The maximum absolute atomic E-state index is 11.8. The van der Waals surface area contributed by atoms with Crippen molar-refractivity contribution in [1.82, 2.24) is 5.32 Å². The second-order valence-electron chi connectivity index (χ2n) is 5.65. The Kier molecular flexibility index (Phi) is 7.43. The molecule has 0 aliphatic heterocycles. The summed E-state index contributed by atoms with van der Waals surface area (Å²) in [4.78, 5) is 23.5. The minimum Gasteiger partial charge on any atom is -0.494 e. The third kappa shape index (κ3) is 6.43. The number of carbonyl (C=O) groups is 2. The lowest BCUT2D eigenvalue weighted by molar-refractivity contribution is -0.143. The van der Waals surface area contributed by atoms with Gasteiger partial charge in [-0.2, -0.15) is 0 Å². The number of amides is 1. The van der Waals surface area contributed by atoms with Crippen molar-refractivity contribution in [1.29, 1.82) is 0 Å². The van der Waals surface area contributed by atoms with E-state index in [1.807, 2.05) is 62.4 Å². The number of ether oxygens (including phenoxy) is 2. The fourth-order valence-electron chi connectivity index (χ4n) is 2.24. The SMILES string of the molecule is CCOc1ccc(/C=C/C(=O)OCC(=O)NCc2ccccc2C)cc1. The summed E-state index contributed by atoms with van der Waals surface area (Å²) < 4.78 is 10.3. The molecule has 0 aliphatic rings. The zero-order chi connectivity index (χ0) is 18.8. The summed E-state index contributed by atoms with van der Waals surface area (Å²) in [7, 11) is 0. The molecule has 0 unspecified atom stereocenters. The van der Waals surface area contributed by atoms with E-state index >= 15 is 0 Å². The highest BCUT2D eigenvalue weighted by Crippen LogP contribution is 2.13. The Morgan fingerprint density at radius 2 is 1.81 bits per heavy atom. The van der Waals surface area contributed by atoms with Crippen LogP contribution in [0.4, 0.5) is 0 Å². The van der Waals surface area contributed by atoms with E-state index in [-0.39, 0.29) is 12.5 Å². The number of carbonyl (C=O) groups excluding carboxylic acids is 2. The topological polar surface area (TPSA) is 64.6 Å². The van der Waals surface area contributed by atoms with Gasteiger partial charge in [-0.3, -0.25) is 4.79 Å². The molecule has 0 heterocycles. The number of rotatable bonds is 8. The van der Waals surface area contributed by atoms with Crippen molar-refractivity contribution < 1.29 is 19.1 Å². The molecule has 26 heavy (non-hydrogen) atoms. The number of hydrogen-bond donors (Lipinski definition) is 1. The molecule has 136 valence electrons. The van der Waals surface area contributed by atoms with E-state index in [2.05, 4.69) is 5.32 Å². The number of nitrogens with one attached hydrogen (secondary N) is 1. The van der Waals surface area contributed by atoms with Gasteiger partial charge in [-0.1, -0.05) is 36.4 Å². The Labute approximate surface area is 153 Å². The van der Waals surface area contributed by atoms with Crippen LogP contribution in [0, 0.1) is 6.92 Å². The van der Waals surface area contributed by atoms with Gasteiger partial charge in [0, 0.05) is 12.6 Å². The standard InChI is InChI=1S/C21H23NO4/c1-3-25-19-11-8-17(9-12-19)10-13-21(24)26-15-20(23)22-14-18-7-5-4-6-16(18)2/h4-13H,3,14-15H2,1-2H3,(H,22,23)/b13-10+. The zero-order valence-corrected chi connectivity index (χ0v) is 15.0. The van der Waals surface area contributed by atoms with Gasteiger partial charge in [0.2, 0.25) is 0 Å². The molecule has 0 bridgehead atoms. The molecular weight excluding hydrogens is 330 g/mol. The van der Waals surface area contributed by atoms with Crippen LogP contribution in [0.1, 0.15) is 23.6 Å². The molecule has 0 aliphatic carbocycles. The van der Waals surface area contributed by atoms with Crippen LogP contribution in [0.5, 0.6) is 5.75 Å². The molecule has 0 saturated heterocycles. The molecule has 0 aromatic heterocycles. The van der Waals surface area contributed by atoms with Crippen molar-refractivity contribution >= 4 is 18.0 Å². The van der Waals surface area contributed by atoms with Crippen molar-refractivity contribution in [2.45, 2.75) is 20.4 Å².